The fraction of sp³-hybridized carbons (Fsp3) is 0.333. The van der Waals surface area contributed by atoms with Crippen LogP contribution >= 0.6 is 11.6 Å². The summed E-state index contributed by atoms with van der Waals surface area (Å²) in [5.41, 5.74) is 5.73. The van der Waals surface area contributed by atoms with E-state index in [2.05, 4.69) is 0 Å². The van der Waals surface area contributed by atoms with Gasteiger partial charge in [-0.15, -0.1) is 11.6 Å². The van der Waals surface area contributed by atoms with Crippen molar-refractivity contribution in [2.75, 3.05) is 12.5 Å². The van der Waals surface area contributed by atoms with Gasteiger partial charge < -0.3 is 5.11 Å². The molecule has 0 aromatic heterocycles. The molecule has 0 saturated heterocycles. The molecule has 0 aliphatic heterocycles. The van der Waals surface area contributed by atoms with E-state index in [9.17, 15) is 8.78 Å². The van der Waals surface area contributed by atoms with Gasteiger partial charge >= 0.3 is 0 Å². The number of rotatable bonds is 4. The van der Waals surface area contributed by atoms with Gasteiger partial charge in [0.1, 0.15) is 11.6 Å². The van der Waals surface area contributed by atoms with Gasteiger partial charge in [-0.1, -0.05) is 42.0 Å². The third kappa shape index (κ3) is 4.71. The number of aliphatic hydroxyl groups is 1. The van der Waals surface area contributed by atoms with Gasteiger partial charge in [0, 0.05) is 17.0 Å². The summed E-state index contributed by atoms with van der Waals surface area (Å²) in [6, 6.07) is 13.7. The van der Waals surface area contributed by atoms with Crippen molar-refractivity contribution in [2.24, 2.45) is 0 Å². The zero-order chi connectivity index (χ0) is 19.9. The number of halogens is 3. The molecule has 1 nitrogen and oxygen atoms in total. The smallest absolute Gasteiger partial charge is 0.130 e. The van der Waals surface area contributed by atoms with Crippen LogP contribution < -0.4 is 0 Å². The summed E-state index contributed by atoms with van der Waals surface area (Å²) in [6.45, 7) is 0.0592. The van der Waals surface area contributed by atoms with Crippen LogP contribution in [0, 0.1) is 11.6 Å². The predicted octanol–water partition coefficient (Wildman–Crippen LogP) is 6.76. The lowest BCUT2D eigenvalue weighted by Gasteiger charge is -2.06. The molecule has 0 fully saturated rings. The minimum Gasteiger partial charge on any atom is -0.392 e. The first-order valence-corrected chi connectivity index (χ1v) is 10.3. The first-order valence-electron chi connectivity index (χ1n) is 9.74. The van der Waals surface area contributed by atoms with E-state index in [0.717, 1.165) is 60.8 Å². The van der Waals surface area contributed by atoms with Gasteiger partial charge in [-0.25, -0.2) is 8.78 Å². The molecule has 2 aliphatic rings. The molecule has 0 atom stereocenters. The third-order valence-electron chi connectivity index (χ3n) is 5.41. The van der Waals surface area contributed by atoms with Crippen LogP contribution in [-0.4, -0.2) is 17.6 Å². The molecule has 0 saturated carbocycles. The molecule has 0 spiro atoms. The summed E-state index contributed by atoms with van der Waals surface area (Å²) in [7, 11) is 0. The van der Waals surface area contributed by atoms with Crippen LogP contribution in [0.5, 0.6) is 0 Å². The Balaban J connectivity index is 0.000000161. The van der Waals surface area contributed by atoms with Crippen molar-refractivity contribution < 1.29 is 13.9 Å². The molecule has 0 heterocycles. The first kappa shape index (κ1) is 20.8. The molecular weight excluding hydrogens is 378 g/mol. The largest absolute Gasteiger partial charge is 0.392 e. The number of hydrogen-bond acceptors (Lipinski definition) is 1. The molecule has 0 amide bonds. The summed E-state index contributed by atoms with van der Waals surface area (Å²) in [6.07, 6.45) is 5.90. The lowest BCUT2D eigenvalue weighted by Crippen LogP contribution is -1.92. The van der Waals surface area contributed by atoms with Crippen molar-refractivity contribution in [1.82, 2.24) is 0 Å². The standard InChI is InChI=1S/C12H12ClF.C12H13FO/c13-8-9-4-3-6-10(9)11-5-1-2-7-12(11)14;13-12-7-2-1-5-11(12)10-6-3-4-9(10)8-14/h1-2,5,7H,3-4,6,8H2;1-2,5,7,14H,3-4,6,8H2. The van der Waals surface area contributed by atoms with Crippen molar-refractivity contribution in [3.8, 4) is 0 Å². The lowest BCUT2D eigenvalue weighted by molar-refractivity contribution is 0.328. The van der Waals surface area contributed by atoms with E-state index < -0.39 is 0 Å². The van der Waals surface area contributed by atoms with Crippen LogP contribution in [0.15, 0.2) is 59.7 Å². The van der Waals surface area contributed by atoms with Gasteiger partial charge in [-0.2, -0.15) is 0 Å². The van der Waals surface area contributed by atoms with Crippen LogP contribution in [0.25, 0.3) is 11.1 Å². The molecular formula is C24H25ClF2O. The van der Waals surface area contributed by atoms with Crippen molar-refractivity contribution in [2.45, 2.75) is 38.5 Å². The van der Waals surface area contributed by atoms with E-state index in [0.29, 0.717) is 11.4 Å². The van der Waals surface area contributed by atoms with Crippen molar-refractivity contribution in [1.29, 1.82) is 0 Å². The maximum Gasteiger partial charge on any atom is 0.130 e. The second-order valence-electron chi connectivity index (χ2n) is 7.12. The molecule has 0 unspecified atom stereocenters. The van der Waals surface area contributed by atoms with Crippen LogP contribution in [0.1, 0.15) is 49.7 Å². The highest BCUT2D eigenvalue weighted by molar-refractivity contribution is 6.20. The highest BCUT2D eigenvalue weighted by Crippen LogP contribution is 2.35. The SMILES string of the molecule is Fc1ccccc1C1=C(CCl)CCC1.OCC1=C(c2ccccc2F)CCC1. The minimum atomic E-state index is -0.185. The van der Waals surface area contributed by atoms with E-state index in [-0.39, 0.29) is 18.2 Å². The summed E-state index contributed by atoms with van der Waals surface area (Å²) in [5.74, 6) is 0.214. The van der Waals surface area contributed by atoms with Crippen molar-refractivity contribution >= 4 is 22.7 Å². The Kier molecular flexibility index (Phi) is 7.41. The fourth-order valence-electron chi connectivity index (χ4n) is 4.00. The summed E-state index contributed by atoms with van der Waals surface area (Å²) in [4.78, 5) is 0. The van der Waals surface area contributed by atoms with E-state index in [1.165, 1.54) is 17.7 Å². The molecule has 0 bridgehead atoms. The van der Waals surface area contributed by atoms with Crippen LogP contribution in [0.2, 0.25) is 0 Å². The Morgan fingerprint density at radius 1 is 0.714 bits per heavy atom. The molecule has 4 rings (SSSR count). The number of hydrogen-bond donors (Lipinski definition) is 1. The fourth-order valence-corrected chi connectivity index (χ4v) is 4.29. The molecule has 4 heteroatoms. The van der Waals surface area contributed by atoms with Gasteiger partial charge in [0.15, 0.2) is 0 Å². The van der Waals surface area contributed by atoms with Gasteiger partial charge in [0.2, 0.25) is 0 Å². The second-order valence-corrected chi connectivity index (χ2v) is 7.39. The average molecular weight is 403 g/mol. The van der Waals surface area contributed by atoms with E-state index in [1.54, 1.807) is 18.2 Å². The lowest BCUT2D eigenvalue weighted by atomic mass is 10.0. The predicted molar refractivity (Wildman–Crippen MR) is 112 cm³/mol. The third-order valence-corrected chi connectivity index (χ3v) is 5.74. The van der Waals surface area contributed by atoms with E-state index >= 15 is 0 Å². The van der Waals surface area contributed by atoms with Crippen molar-refractivity contribution in [3.63, 3.8) is 0 Å². The number of alkyl halides is 1. The van der Waals surface area contributed by atoms with Crippen LogP contribution in [0.4, 0.5) is 8.78 Å². The van der Waals surface area contributed by atoms with E-state index in [4.69, 9.17) is 16.7 Å². The van der Waals surface area contributed by atoms with E-state index in [1.807, 2.05) is 18.2 Å². The monoisotopic (exact) mass is 402 g/mol. The second kappa shape index (κ2) is 9.99. The summed E-state index contributed by atoms with van der Waals surface area (Å²) in [5, 5.41) is 9.11. The maximum atomic E-state index is 13.5. The van der Waals surface area contributed by atoms with Gasteiger partial charge in [0.05, 0.1) is 6.61 Å². The zero-order valence-corrected chi connectivity index (χ0v) is 16.6. The Hall–Kier alpha value is -1.97. The topological polar surface area (TPSA) is 20.2 Å². The first-order chi connectivity index (χ1) is 13.7. The highest BCUT2D eigenvalue weighted by atomic mass is 35.5. The summed E-state index contributed by atoms with van der Waals surface area (Å²) < 4.78 is 26.9. The molecule has 2 aliphatic carbocycles. The Morgan fingerprint density at radius 2 is 1.18 bits per heavy atom. The Labute approximate surface area is 170 Å². The number of aliphatic hydroxyl groups excluding tert-OH is 1. The molecule has 0 radical (unpaired) electrons. The zero-order valence-electron chi connectivity index (χ0n) is 15.9. The number of benzene rings is 2. The quantitative estimate of drug-likeness (QED) is 0.560. The molecule has 2 aromatic carbocycles. The summed E-state index contributed by atoms with van der Waals surface area (Å²) >= 11 is 5.82. The van der Waals surface area contributed by atoms with Gasteiger partial charge in [0.25, 0.3) is 0 Å². The molecule has 28 heavy (non-hydrogen) atoms. The molecule has 2 aromatic rings. The minimum absolute atomic E-state index is 0.0592. The normalized spacial score (nSPS) is 16.4. The van der Waals surface area contributed by atoms with Crippen LogP contribution in [0.3, 0.4) is 0 Å². The average Bonchev–Trinajstić information content (AvgIpc) is 3.38. The molecule has 1 N–H and O–H groups in total. The van der Waals surface area contributed by atoms with Crippen LogP contribution in [-0.2, 0) is 0 Å². The Bertz CT molecular complexity index is 812. The highest BCUT2D eigenvalue weighted by Gasteiger charge is 2.18. The van der Waals surface area contributed by atoms with Gasteiger partial charge in [-0.05, 0) is 67.4 Å². The van der Waals surface area contributed by atoms with Crippen molar-refractivity contribution in [3.05, 3.63) is 82.4 Å². The maximum absolute atomic E-state index is 13.5. The Morgan fingerprint density at radius 3 is 1.64 bits per heavy atom. The van der Waals surface area contributed by atoms with Gasteiger partial charge in [-0.3, -0.25) is 0 Å². The molecule has 148 valence electrons. The number of allylic oxidation sites excluding steroid dienone is 3.